The molecule has 2 aromatic rings. The summed E-state index contributed by atoms with van der Waals surface area (Å²) in [6.07, 6.45) is 4.34. The zero-order valence-electron chi connectivity index (χ0n) is 16.4. The Morgan fingerprint density at radius 1 is 1.18 bits per heavy atom. The van der Waals surface area contributed by atoms with E-state index in [0.717, 1.165) is 56.1 Å². The molecule has 3 heterocycles. The third-order valence-electron chi connectivity index (χ3n) is 5.61. The lowest BCUT2D eigenvalue weighted by Crippen LogP contribution is -2.51. The second-order valence-electron chi connectivity index (χ2n) is 7.70. The van der Waals surface area contributed by atoms with Crippen molar-refractivity contribution in [1.82, 2.24) is 14.8 Å². The SMILES string of the molecule is CN(C)C(=O)c1cc2c(s1)CC[C@@H](C(=O)N1CCN(c3ccccn3)CC1)C2. The Bertz CT molecular complexity index is 857. The smallest absolute Gasteiger partial charge is 0.263 e. The normalized spacial score (nSPS) is 19.3. The van der Waals surface area contributed by atoms with Crippen LogP contribution in [0.25, 0.3) is 0 Å². The predicted octanol–water partition coefficient (Wildman–Crippen LogP) is 2.30. The van der Waals surface area contributed by atoms with Crippen molar-refractivity contribution in [3.8, 4) is 0 Å². The van der Waals surface area contributed by atoms with Crippen LogP contribution in [0.3, 0.4) is 0 Å². The van der Waals surface area contributed by atoms with Gasteiger partial charge in [0, 0.05) is 57.3 Å². The summed E-state index contributed by atoms with van der Waals surface area (Å²) in [5.74, 6) is 1.32. The molecular weight excluding hydrogens is 372 g/mol. The molecule has 0 saturated carbocycles. The van der Waals surface area contributed by atoms with Gasteiger partial charge in [-0.1, -0.05) is 6.07 Å². The number of hydrogen-bond donors (Lipinski definition) is 0. The summed E-state index contributed by atoms with van der Waals surface area (Å²) in [4.78, 5) is 37.6. The Labute approximate surface area is 169 Å². The lowest BCUT2D eigenvalue weighted by Gasteiger charge is -2.37. The van der Waals surface area contributed by atoms with Gasteiger partial charge in [0.15, 0.2) is 0 Å². The van der Waals surface area contributed by atoms with E-state index in [4.69, 9.17) is 0 Å². The lowest BCUT2D eigenvalue weighted by molar-refractivity contribution is -0.136. The topological polar surface area (TPSA) is 56.8 Å². The minimum absolute atomic E-state index is 0.0332. The summed E-state index contributed by atoms with van der Waals surface area (Å²) in [5, 5.41) is 0. The Morgan fingerprint density at radius 3 is 2.64 bits per heavy atom. The molecule has 4 rings (SSSR count). The molecule has 7 heteroatoms. The molecule has 2 aromatic heterocycles. The number of fused-ring (bicyclic) bond motifs is 1. The zero-order chi connectivity index (χ0) is 19.7. The Balaban J connectivity index is 1.37. The minimum atomic E-state index is 0.0332. The van der Waals surface area contributed by atoms with Crippen molar-refractivity contribution >= 4 is 29.0 Å². The molecule has 2 amide bonds. The summed E-state index contributed by atoms with van der Waals surface area (Å²) in [6, 6.07) is 7.93. The van der Waals surface area contributed by atoms with Gasteiger partial charge in [-0.15, -0.1) is 11.3 Å². The predicted molar refractivity (Wildman–Crippen MR) is 111 cm³/mol. The van der Waals surface area contributed by atoms with Crippen molar-refractivity contribution in [2.45, 2.75) is 19.3 Å². The Hall–Kier alpha value is -2.41. The van der Waals surface area contributed by atoms with E-state index in [1.54, 1.807) is 30.3 Å². The molecule has 0 aromatic carbocycles. The number of hydrogen-bond acceptors (Lipinski definition) is 5. The maximum atomic E-state index is 13.1. The highest BCUT2D eigenvalue weighted by atomic mass is 32.1. The van der Waals surface area contributed by atoms with Crippen LogP contribution in [0.2, 0.25) is 0 Å². The molecule has 2 aliphatic rings. The van der Waals surface area contributed by atoms with Gasteiger partial charge in [-0.3, -0.25) is 9.59 Å². The number of carbonyl (C=O) groups excluding carboxylic acids is 2. The van der Waals surface area contributed by atoms with Crippen LogP contribution in [-0.4, -0.2) is 66.9 Å². The fourth-order valence-electron chi connectivity index (χ4n) is 4.02. The van der Waals surface area contributed by atoms with E-state index in [1.165, 1.54) is 10.4 Å². The number of pyridine rings is 1. The van der Waals surface area contributed by atoms with Crippen LogP contribution in [0.5, 0.6) is 0 Å². The summed E-state index contributed by atoms with van der Waals surface area (Å²) in [6.45, 7) is 3.13. The maximum Gasteiger partial charge on any atom is 0.263 e. The minimum Gasteiger partial charge on any atom is -0.353 e. The van der Waals surface area contributed by atoms with E-state index in [0.29, 0.717) is 0 Å². The number of amides is 2. The fraction of sp³-hybridized carbons (Fsp3) is 0.476. The van der Waals surface area contributed by atoms with Gasteiger partial charge in [0.2, 0.25) is 5.91 Å². The third-order valence-corrected chi connectivity index (χ3v) is 6.84. The fourth-order valence-corrected chi connectivity index (χ4v) is 5.24. The molecule has 1 aliphatic carbocycles. The van der Waals surface area contributed by atoms with Gasteiger partial charge in [-0.2, -0.15) is 0 Å². The highest BCUT2D eigenvalue weighted by molar-refractivity contribution is 7.14. The Morgan fingerprint density at radius 2 is 1.96 bits per heavy atom. The van der Waals surface area contributed by atoms with Crippen LogP contribution in [0, 0.1) is 5.92 Å². The first-order valence-corrected chi connectivity index (χ1v) is 10.6. The molecule has 6 nitrogen and oxygen atoms in total. The average molecular weight is 399 g/mol. The van der Waals surface area contributed by atoms with E-state index in [9.17, 15) is 9.59 Å². The molecule has 28 heavy (non-hydrogen) atoms. The van der Waals surface area contributed by atoms with Crippen LogP contribution >= 0.6 is 11.3 Å². The van der Waals surface area contributed by atoms with E-state index in [2.05, 4.69) is 9.88 Å². The third kappa shape index (κ3) is 3.76. The van der Waals surface area contributed by atoms with E-state index < -0.39 is 0 Å². The number of nitrogens with zero attached hydrogens (tertiary/aromatic N) is 4. The van der Waals surface area contributed by atoms with Crippen molar-refractivity contribution in [3.63, 3.8) is 0 Å². The van der Waals surface area contributed by atoms with Crippen LogP contribution < -0.4 is 4.90 Å². The molecule has 1 fully saturated rings. The van der Waals surface area contributed by atoms with E-state index in [1.807, 2.05) is 35.4 Å². The number of piperazine rings is 1. The Kier molecular flexibility index (Phi) is 5.35. The standard InChI is InChI=1S/C21H26N4O2S/c1-23(2)21(27)18-14-16-13-15(6-7-17(16)28-18)20(26)25-11-9-24(10-12-25)19-5-3-4-8-22-19/h3-5,8,14-15H,6-7,9-13H2,1-2H3/t15-/m1/s1. The van der Waals surface area contributed by atoms with Gasteiger partial charge < -0.3 is 14.7 Å². The van der Waals surface area contributed by atoms with Gasteiger partial charge in [0.05, 0.1) is 4.88 Å². The molecule has 148 valence electrons. The van der Waals surface area contributed by atoms with Gasteiger partial charge in [-0.25, -0.2) is 4.98 Å². The van der Waals surface area contributed by atoms with Crippen molar-refractivity contribution < 1.29 is 9.59 Å². The number of aryl methyl sites for hydroxylation is 1. The van der Waals surface area contributed by atoms with Gasteiger partial charge >= 0.3 is 0 Å². The largest absolute Gasteiger partial charge is 0.353 e. The monoisotopic (exact) mass is 398 g/mol. The first kappa shape index (κ1) is 18.9. The number of rotatable bonds is 3. The van der Waals surface area contributed by atoms with Crippen LogP contribution in [-0.2, 0) is 17.6 Å². The quantitative estimate of drug-likeness (QED) is 0.796. The summed E-state index contributed by atoms with van der Waals surface area (Å²) < 4.78 is 0. The zero-order valence-corrected chi connectivity index (χ0v) is 17.2. The van der Waals surface area contributed by atoms with E-state index >= 15 is 0 Å². The highest BCUT2D eigenvalue weighted by Gasteiger charge is 2.32. The van der Waals surface area contributed by atoms with Crippen LogP contribution in [0.4, 0.5) is 5.82 Å². The molecule has 0 unspecified atom stereocenters. The van der Waals surface area contributed by atoms with Crippen molar-refractivity contribution in [2.24, 2.45) is 5.92 Å². The second kappa shape index (κ2) is 7.91. The van der Waals surface area contributed by atoms with Crippen molar-refractivity contribution in [3.05, 3.63) is 45.8 Å². The van der Waals surface area contributed by atoms with Crippen molar-refractivity contribution in [2.75, 3.05) is 45.2 Å². The van der Waals surface area contributed by atoms with Gasteiger partial charge in [-0.05, 0) is 43.0 Å². The molecule has 0 N–H and O–H groups in total. The van der Waals surface area contributed by atoms with Gasteiger partial charge in [0.1, 0.15) is 5.82 Å². The van der Waals surface area contributed by atoms with Crippen LogP contribution in [0.1, 0.15) is 26.5 Å². The first-order chi connectivity index (χ1) is 13.5. The molecule has 0 radical (unpaired) electrons. The second-order valence-corrected chi connectivity index (χ2v) is 8.84. The number of thiophene rings is 1. The number of anilines is 1. The molecule has 1 aliphatic heterocycles. The molecule has 0 bridgehead atoms. The van der Waals surface area contributed by atoms with Gasteiger partial charge in [0.25, 0.3) is 5.91 Å². The van der Waals surface area contributed by atoms with Crippen molar-refractivity contribution in [1.29, 1.82) is 0 Å². The molecule has 1 atom stereocenters. The summed E-state index contributed by atoms with van der Waals surface area (Å²) in [7, 11) is 3.55. The first-order valence-electron chi connectivity index (χ1n) is 9.81. The summed E-state index contributed by atoms with van der Waals surface area (Å²) >= 11 is 1.59. The molecular formula is C21H26N4O2S. The number of carbonyl (C=O) groups is 2. The highest BCUT2D eigenvalue weighted by Crippen LogP contribution is 2.33. The average Bonchev–Trinajstić information content (AvgIpc) is 3.16. The summed E-state index contributed by atoms with van der Waals surface area (Å²) in [5.41, 5.74) is 1.19. The maximum absolute atomic E-state index is 13.1. The molecule has 0 spiro atoms. The molecule has 1 saturated heterocycles. The van der Waals surface area contributed by atoms with E-state index in [-0.39, 0.29) is 17.7 Å². The number of aromatic nitrogens is 1. The van der Waals surface area contributed by atoms with Crippen LogP contribution in [0.15, 0.2) is 30.5 Å². The lowest BCUT2D eigenvalue weighted by atomic mass is 9.87.